The van der Waals surface area contributed by atoms with Gasteiger partial charge in [0.15, 0.2) is 0 Å². The van der Waals surface area contributed by atoms with Crippen LogP contribution >= 0.6 is 24.0 Å². The van der Waals surface area contributed by atoms with Crippen LogP contribution in [0.3, 0.4) is 0 Å². The number of anilines is 1. The number of hydrogen-bond acceptors (Lipinski definition) is 5. The van der Waals surface area contributed by atoms with Gasteiger partial charge in [-0.1, -0.05) is 49.5 Å². The van der Waals surface area contributed by atoms with E-state index in [1.165, 1.54) is 11.8 Å². The van der Waals surface area contributed by atoms with Crippen LogP contribution in [0.15, 0.2) is 24.3 Å². The Kier molecular flexibility index (Phi) is 8.38. The lowest BCUT2D eigenvalue weighted by Gasteiger charge is -2.15. The van der Waals surface area contributed by atoms with Crippen molar-refractivity contribution in [3.05, 3.63) is 24.3 Å². The molecule has 142 valence electrons. The molecule has 0 saturated carbocycles. The van der Waals surface area contributed by atoms with E-state index in [9.17, 15) is 9.59 Å². The van der Waals surface area contributed by atoms with E-state index in [0.717, 1.165) is 25.7 Å². The number of thiocarbonyl (C=S) groups is 1. The molecule has 1 aromatic rings. The van der Waals surface area contributed by atoms with Gasteiger partial charge in [-0.25, -0.2) is 0 Å². The minimum absolute atomic E-state index is 0.0151. The van der Waals surface area contributed by atoms with Gasteiger partial charge in [-0.15, -0.1) is 0 Å². The monoisotopic (exact) mass is 394 g/mol. The number of rotatable bonds is 10. The first-order chi connectivity index (χ1) is 12.6. The first-order valence-corrected chi connectivity index (χ1v) is 10.4. The quantitative estimate of drug-likeness (QED) is 0.475. The van der Waals surface area contributed by atoms with E-state index < -0.39 is 0 Å². The minimum atomic E-state index is -0.0217. The number of carbonyl (C=O) groups is 2. The van der Waals surface area contributed by atoms with Gasteiger partial charge in [0.2, 0.25) is 11.8 Å². The van der Waals surface area contributed by atoms with Gasteiger partial charge >= 0.3 is 0 Å². The first kappa shape index (κ1) is 20.7. The maximum atomic E-state index is 12.1. The number of ether oxygens (including phenoxy) is 1. The van der Waals surface area contributed by atoms with E-state index >= 15 is 0 Å². The molecule has 1 atom stereocenters. The van der Waals surface area contributed by atoms with Crippen molar-refractivity contribution in [2.75, 3.05) is 18.5 Å². The molecule has 7 heteroatoms. The first-order valence-electron chi connectivity index (χ1n) is 9.10. The number of nitrogens with one attached hydrogen (secondary N) is 1. The number of para-hydroxylation sites is 2. The van der Waals surface area contributed by atoms with Crippen molar-refractivity contribution in [2.45, 2.75) is 51.2 Å². The zero-order valence-electron chi connectivity index (χ0n) is 15.3. The second-order valence-corrected chi connectivity index (χ2v) is 7.90. The van der Waals surface area contributed by atoms with Gasteiger partial charge in [0.25, 0.3) is 0 Å². The van der Waals surface area contributed by atoms with E-state index in [2.05, 4.69) is 5.32 Å². The Balaban J connectivity index is 1.68. The highest BCUT2D eigenvalue weighted by molar-refractivity contribution is 8.24. The Morgan fingerprint density at radius 1 is 1.27 bits per heavy atom. The highest BCUT2D eigenvalue weighted by atomic mass is 32.2. The van der Waals surface area contributed by atoms with Crippen LogP contribution in [-0.4, -0.2) is 39.4 Å². The van der Waals surface area contributed by atoms with Gasteiger partial charge in [0, 0.05) is 13.0 Å². The van der Waals surface area contributed by atoms with Crippen molar-refractivity contribution >= 4 is 45.8 Å². The Morgan fingerprint density at radius 3 is 2.73 bits per heavy atom. The lowest BCUT2D eigenvalue weighted by molar-refractivity contribution is -0.126. The fourth-order valence-electron chi connectivity index (χ4n) is 2.76. The molecule has 1 N–H and O–H groups in total. The molecular weight excluding hydrogens is 368 g/mol. The van der Waals surface area contributed by atoms with Crippen LogP contribution < -0.4 is 10.1 Å². The lowest BCUT2D eigenvalue weighted by atomic mass is 10.1. The normalized spacial score (nSPS) is 16.8. The van der Waals surface area contributed by atoms with Crippen LogP contribution in [0.1, 0.15) is 46.0 Å². The number of carbonyl (C=O) groups excluding carboxylic acids is 2. The Labute approximate surface area is 164 Å². The van der Waals surface area contributed by atoms with Crippen LogP contribution in [-0.2, 0) is 9.59 Å². The molecule has 0 bridgehead atoms. The van der Waals surface area contributed by atoms with Gasteiger partial charge in [-0.2, -0.15) is 0 Å². The fourth-order valence-corrected chi connectivity index (χ4v) is 4.23. The number of hydrogen-bond donors (Lipinski definition) is 1. The molecule has 1 saturated heterocycles. The number of unbranched alkanes of at least 4 members (excludes halogenated alkanes) is 2. The third-order valence-electron chi connectivity index (χ3n) is 4.12. The summed E-state index contributed by atoms with van der Waals surface area (Å²) in [4.78, 5) is 26.0. The van der Waals surface area contributed by atoms with Gasteiger partial charge in [0.1, 0.15) is 10.1 Å². The molecule has 1 aliphatic heterocycles. The number of nitrogens with zero attached hydrogens (tertiary/aromatic N) is 1. The second-order valence-electron chi connectivity index (χ2n) is 6.06. The summed E-state index contributed by atoms with van der Waals surface area (Å²) in [6, 6.07) is 7.43. The van der Waals surface area contributed by atoms with Gasteiger partial charge in [0.05, 0.1) is 17.5 Å². The fraction of sp³-hybridized carbons (Fsp3) is 0.526. The zero-order chi connectivity index (χ0) is 18.9. The third-order valence-corrected chi connectivity index (χ3v) is 5.87. The summed E-state index contributed by atoms with van der Waals surface area (Å²) in [5.41, 5.74) is 0.704. The predicted molar refractivity (Wildman–Crippen MR) is 111 cm³/mol. The number of amides is 2. The van der Waals surface area contributed by atoms with Gasteiger partial charge < -0.3 is 10.1 Å². The van der Waals surface area contributed by atoms with E-state index in [0.29, 0.717) is 35.3 Å². The molecule has 5 nitrogen and oxygen atoms in total. The maximum absolute atomic E-state index is 12.1. The van der Waals surface area contributed by atoms with Crippen LogP contribution in [0.5, 0.6) is 5.75 Å². The van der Waals surface area contributed by atoms with Crippen molar-refractivity contribution in [3.63, 3.8) is 0 Å². The third kappa shape index (κ3) is 5.71. The lowest BCUT2D eigenvalue weighted by Crippen LogP contribution is -2.32. The molecule has 2 amide bonds. The average molecular weight is 395 g/mol. The summed E-state index contributed by atoms with van der Waals surface area (Å²) in [5, 5.41) is 2.89. The Bertz CT molecular complexity index is 651. The summed E-state index contributed by atoms with van der Waals surface area (Å²) >= 11 is 6.77. The average Bonchev–Trinajstić information content (AvgIpc) is 2.90. The standard InChI is InChI=1S/C19H26N2O3S2/c1-3-16-18(23)21(19(25)26-16)13-9-5-6-12-17(22)20-14-10-7-8-11-15(14)24-4-2/h7-8,10-11,16H,3-6,9,12-13H2,1-2H3,(H,20,22). The molecule has 1 aromatic carbocycles. The molecule has 0 aliphatic carbocycles. The van der Waals surface area contributed by atoms with Crippen molar-refractivity contribution < 1.29 is 14.3 Å². The summed E-state index contributed by atoms with van der Waals surface area (Å²) in [6.07, 6.45) is 3.77. The topological polar surface area (TPSA) is 58.6 Å². The van der Waals surface area contributed by atoms with Crippen LogP contribution in [0.4, 0.5) is 5.69 Å². The summed E-state index contributed by atoms with van der Waals surface area (Å²) in [5.74, 6) is 0.798. The highest BCUT2D eigenvalue weighted by Gasteiger charge is 2.34. The SMILES string of the molecule is CCOc1ccccc1NC(=O)CCCCCN1C(=O)C(CC)SC1=S. The molecule has 0 aromatic heterocycles. The zero-order valence-corrected chi connectivity index (χ0v) is 17.0. The molecule has 0 spiro atoms. The van der Waals surface area contributed by atoms with E-state index in [1.807, 2.05) is 38.1 Å². The van der Waals surface area contributed by atoms with Crippen molar-refractivity contribution in [3.8, 4) is 5.75 Å². The molecule has 1 unspecified atom stereocenters. The highest BCUT2D eigenvalue weighted by Crippen LogP contribution is 2.29. The Morgan fingerprint density at radius 2 is 2.04 bits per heavy atom. The molecule has 2 rings (SSSR count). The molecule has 1 aliphatic rings. The van der Waals surface area contributed by atoms with E-state index in [4.69, 9.17) is 17.0 Å². The molecular formula is C19H26N2O3S2. The largest absolute Gasteiger partial charge is 0.492 e. The summed E-state index contributed by atoms with van der Waals surface area (Å²) < 4.78 is 6.20. The smallest absolute Gasteiger partial charge is 0.241 e. The predicted octanol–water partition coefficient (Wildman–Crippen LogP) is 4.22. The summed E-state index contributed by atoms with van der Waals surface area (Å²) in [6.45, 7) is 5.12. The van der Waals surface area contributed by atoms with Crippen molar-refractivity contribution in [2.24, 2.45) is 0 Å². The molecule has 26 heavy (non-hydrogen) atoms. The van der Waals surface area contributed by atoms with Crippen molar-refractivity contribution in [1.29, 1.82) is 0 Å². The maximum Gasteiger partial charge on any atom is 0.241 e. The van der Waals surface area contributed by atoms with Gasteiger partial charge in [-0.05, 0) is 38.3 Å². The Hall–Kier alpha value is -1.60. The second kappa shape index (κ2) is 10.5. The van der Waals surface area contributed by atoms with E-state index in [1.54, 1.807) is 4.90 Å². The molecule has 1 heterocycles. The van der Waals surface area contributed by atoms with E-state index in [-0.39, 0.29) is 17.1 Å². The molecule has 1 fully saturated rings. The van der Waals surface area contributed by atoms with Crippen LogP contribution in [0.2, 0.25) is 0 Å². The van der Waals surface area contributed by atoms with Crippen LogP contribution in [0, 0.1) is 0 Å². The number of benzene rings is 1. The molecule has 0 radical (unpaired) electrons. The van der Waals surface area contributed by atoms with Crippen molar-refractivity contribution in [1.82, 2.24) is 4.90 Å². The van der Waals surface area contributed by atoms with Gasteiger partial charge in [-0.3, -0.25) is 14.5 Å². The number of thioether (sulfide) groups is 1. The van der Waals surface area contributed by atoms with Crippen LogP contribution in [0.25, 0.3) is 0 Å². The summed E-state index contributed by atoms with van der Waals surface area (Å²) in [7, 11) is 0. The minimum Gasteiger partial charge on any atom is -0.492 e.